The first-order chi connectivity index (χ1) is 5.25. The highest BCUT2D eigenvalue weighted by molar-refractivity contribution is 9.11. The standard InChI is InChI=1S/C9H8BrCl/c1-7(6-10)8-4-2-3-5-9(8)11/h2-6H,1H3/b7-6+. The fraction of sp³-hybridized carbons (Fsp3) is 0.111. The maximum Gasteiger partial charge on any atom is 0.0481 e. The van der Waals surface area contributed by atoms with Crippen molar-refractivity contribution in [3.8, 4) is 0 Å². The van der Waals surface area contributed by atoms with Crippen molar-refractivity contribution in [2.24, 2.45) is 0 Å². The molecule has 0 unspecified atom stereocenters. The summed E-state index contributed by atoms with van der Waals surface area (Å²) < 4.78 is 0. The third kappa shape index (κ3) is 2.08. The number of allylic oxidation sites excluding steroid dienone is 1. The Kier molecular flexibility index (Phi) is 3.16. The van der Waals surface area contributed by atoms with E-state index in [2.05, 4.69) is 15.9 Å². The Balaban J connectivity index is 3.14. The minimum atomic E-state index is 0.792. The van der Waals surface area contributed by atoms with Crippen molar-refractivity contribution >= 4 is 33.1 Å². The van der Waals surface area contributed by atoms with Gasteiger partial charge in [0.05, 0.1) is 0 Å². The van der Waals surface area contributed by atoms with E-state index < -0.39 is 0 Å². The molecule has 0 saturated heterocycles. The van der Waals surface area contributed by atoms with Gasteiger partial charge in [-0.15, -0.1) is 0 Å². The molecule has 0 aromatic heterocycles. The lowest BCUT2D eigenvalue weighted by atomic mass is 10.1. The number of hydrogen-bond acceptors (Lipinski definition) is 0. The van der Waals surface area contributed by atoms with E-state index in [1.54, 1.807) is 0 Å². The molecule has 0 N–H and O–H groups in total. The van der Waals surface area contributed by atoms with Gasteiger partial charge < -0.3 is 0 Å². The lowest BCUT2D eigenvalue weighted by molar-refractivity contribution is 1.58. The Hall–Kier alpha value is -0.270. The van der Waals surface area contributed by atoms with Crippen molar-refractivity contribution in [3.05, 3.63) is 39.8 Å². The third-order valence-electron chi connectivity index (χ3n) is 1.46. The zero-order valence-corrected chi connectivity index (χ0v) is 8.48. The Morgan fingerprint density at radius 2 is 2.09 bits per heavy atom. The largest absolute Gasteiger partial charge is 0.0837 e. The second-order valence-electron chi connectivity index (χ2n) is 2.27. The van der Waals surface area contributed by atoms with Crippen molar-refractivity contribution < 1.29 is 0 Å². The number of halogens is 2. The summed E-state index contributed by atoms with van der Waals surface area (Å²) in [5, 5.41) is 0.792. The van der Waals surface area contributed by atoms with E-state index in [9.17, 15) is 0 Å². The Bertz CT molecular complexity index is 279. The highest BCUT2D eigenvalue weighted by Crippen LogP contribution is 2.23. The molecule has 0 fully saturated rings. The van der Waals surface area contributed by atoms with Crippen LogP contribution in [0.25, 0.3) is 5.57 Å². The minimum Gasteiger partial charge on any atom is -0.0837 e. The summed E-state index contributed by atoms with van der Waals surface area (Å²) in [4.78, 5) is 1.87. The Labute approximate surface area is 80.0 Å². The van der Waals surface area contributed by atoms with E-state index >= 15 is 0 Å². The van der Waals surface area contributed by atoms with Crippen molar-refractivity contribution in [1.29, 1.82) is 0 Å². The van der Waals surface area contributed by atoms with Crippen LogP contribution in [0.2, 0.25) is 5.02 Å². The molecule has 0 nitrogen and oxygen atoms in total. The number of benzene rings is 1. The van der Waals surface area contributed by atoms with Crippen molar-refractivity contribution in [3.63, 3.8) is 0 Å². The molecule has 0 aliphatic heterocycles. The van der Waals surface area contributed by atoms with Crippen LogP contribution < -0.4 is 0 Å². The van der Waals surface area contributed by atoms with Crippen molar-refractivity contribution in [1.82, 2.24) is 0 Å². The molecule has 1 aromatic rings. The molecule has 0 amide bonds. The maximum atomic E-state index is 5.94. The summed E-state index contributed by atoms with van der Waals surface area (Å²) in [6, 6.07) is 7.78. The van der Waals surface area contributed by atoms with Crippen LogP contribution >= 0.6 is 27.5 Å². The number of rotatable bonds is 1. The number of hydrogen-bond donors (Lipinski definition) is 0. The first-order valence-electron chi connectivity index (χ1n) is 3.27. The third-order valence-corrected chi connectivity index (χ3v) is 2.48. The summed E-state index contributed by atoms with van der Waals surface area (Å²) in [7, 11) is 0. The van der Waals surface area contributed by atoms with Gasteiger partial charge in [-0.3, -0.25) is 0 Å². The van der Waals surface area contributed by atoms with E-state index in [0.29, 0.717) is 0 Å². The van der Waals surface area contributed by atoms with Gasteiger partial charge in [-0.1, -0.05) is 45.7 Å². The summed E-state index contributed by atoms with van der Waals surface area (Å²) in [5.41, 5.74) is 2.21. The van der Waals surface area contributed by atoms with Crippen molar-refractivity contribution in [2.75, 3.05) is 0 Å². The monoisotopic (exact) mass is 230 g/mol. The van der Waals surface area contributed by atoms with Gasteiger partial charge in [0.2, 0.25) is 0 Å². The quantitative estimate of drug-likeness (QED) is 0.683. The molecule has 1 rings (SSSR count). The summed E-state index contributed by atoms with van der Waals surface area (Å²) in [6.45, 7) is 2.01. The minimum absolute atomic E-state index is 0.792. The lowest BCUT2D eigenvalue weighted by Crippen LogP contribution is -1.78. The molecule has 0 aliphatic carbocycles. The molecule has 2 heteroatoms. The van der Waals surface area contributed by atoms with Crippen LogP contribution in [0.15, 0.2) is 29.3 Å². The average Bonchev–Trinajstić information content (AvgIpc) is 2.04. The molecule has 0 bridgehead atoms. The van der Waals surface area contributed by atoms with E-state index in [1.165, 1.54) is 0 Å². The SMILES string of the molecule is C/C(=C\Br)c1ccccc1Cl. The second-order valence-corrected chi connectivity index (χ2v) is 3.14. The predicted octanol–water partition coefficient (Wildman–Crippen LogP) is 4.10. The van der Waals surface area contributed by atoms with Gasteiger partial charge in [0.25, 0.3) is 0 Å². The zero-order valence-electron chi connectivity index (χ0n) is 6.14. The molecule has 0 saturated carbocycles. The van der Waals surface area contributed by atoms with Gasteiger partial charge >= 0.3 is 0 Å². The molecule has 0 radical (unpaired) electrons. The van der Waals surface area contributed by atoms with E-state index in [0.717, 1.165) is 16.2 Å². The molecule has 0 atom stereocenters. The molecule has 0 aliphatic rings. The average molecular weight is 232 g/mol. The maximum absolute atomic E-state index is 5.94. The van der Waals surface area contributed by atoms with Crippen molar-refractivity contribution in [2.45, 2.75) is 6.92 Å². The second kappa shape index (κ2) is 3.93. The Morgan fingerprint density at radius 3 is 2.64 bits per heavy atom. The fourth-order valence-corrected chi connectivity index (χ4v) is 1.37. The van der Waals surface area contributed by atoms with Crippen LogP contribution in [-0.4, -0.2) is 0 Å². The molecule has 0 heterocycles. The van der Waals surface area contributed by atoms with Crippen LogP contribution in [0.4, 0.5) is 0 Å². The fourth-order valence-electron chi connectivity index (χ4n) is 0.840. The van der Waals surface area contributed by atoms with Crippen LogP contribution in [0, 0.1) is 0 Å². The molecular formula is C9H8BrCl. The van der Waals surface area contributed by atoms with Gasteiger partial charge in [-0.2, -0.15) is 0 Å². The van der Waals surface area contributed by atoms with E-state index in [-0.39, 0.29) is 0 Å². The van der Waals surface area contributed by atoms with Crippen LogP contribution in [-0.2, 0) is 0 Å². The zero-order chi connectivity index (χ0) is 8.27. The first kappa shape index (κ1) is 8.82. The normalized spacial score (nSPS) is 11.7. The molecule has 0 spiro atoms. The lowest BCUT2D eigenvalue weighted by Gasteiger charge is -2.01. The van der Waals surface area contributed by atoms with E-state index in [1.807, 2.05) is 36.2 Å². The summed E-state index contributed by atoms with van der Waals surface area (Å²) >= 11 is 9.20. The van der Waals surface area contributed by atoms with Gasteiger partial charge in [0, 0.05) is 5.02 Å². The van der Waals surface area contributed by atoms with Crippen LogP contribution in [0.3, 0.4) is 0 Å². The highest BCUT2D eigenvalue weighted by atomic mass is 79.9. The van der Waals surface area contributed by atoms with Gasteiger partial charge in [-0.25, -0.2) is 0 Å². The van der Waals surface area contributed by atoms with Gasteiger partial charge in [0.15, 0.2) is 0 Å². The smallest absolute Gasteiger partial charge is 0.0481 e. The molecule has 1 aromatic carbocycles. The highest BCUT2D eigenvalue weighted by Gasteiger charge is 1.98. The van der Waals surface area contributed by atoms with Gasteiger partial charge in [0.1, 0.15) is 0 Å². The summed E-state index contributed by atoms with van der Waals surface area (Å²) in [5.74, 6) is 0. The van der Waals surface area contributed by atoms with Crippen LogP contribution in [0.1, 0.15) is 12.5 Å². The summed E-state index contributed by atoms with van der Waals surface area (Å²) in [6.07, 6.45) is 0. The predicted molar refractivity (Wildman–Crippen MR) is 54.0 cm³/mol. The van der Waals surface area contributed by atoms with Gasteiger partial charge in [-0.05, 0) is 29.1 Å². The Morgan fingerprint density at radius 1 is 1.45 bits per heavy atom. The molecule has 58 valence electrons. The topological polar surface area (TPSA) is 0 Å². The molecular weight excluding hydrogens is 223 g/mol. The van der Waals surface area contributed by atoms with E-state index in [4.69, 9.17) is 11.6 Å². The van der Waals surface area contributed by atoms with Crippen LogP contribution in [0.5, 0.6) is 0 Å². The first-order valence-corrected chi connectivity index (χ1v) is 4.57. The molecule has 11 heavy (non-hydrogen) atoms.